The highest BCUT2D eigenvalue weighted by Gasteiger charge is 2.14. The summed E-state index contributed by atoms with van der Waals surface area (Å²) in [6.45, 7) is 4.00. The van der Waals surface area contributed by atoms with E-state index >= 15 is 0 Å². The van der Waals surface area contributed by atoms with E-state index in [1.54, 1.807) is 11.0 Å². The van der Waals surface area contributed by atoms with Gasteiger partial charge in [0, 0.05) is 12.1 Å². The number of amides is 1. The quantitative estimate of drug-likeness (QED) is 0.775. The molecule has 0 aliphatic rings. The summed E-state index contributed by atoms with van der Waals surface area (Å²) in [6.07, 6.45) is 1.36. The van der Waals surface area contributed by atoms with Crippen molar-refractivity contribution < 1.29 is 4.79 Å². The highest BCUT2D eigenvalue weighted by Crippen LogP contribution is 2.16. The molecule has 82 valence electrons. The molecule has 15 heavy (non-hydrogen) atoms. The van der Waals surface area contributed by atoms with E-state index in [-0.39, 0.29) is 12.6 Å². The van der Waals surface area contributed by atoms with E-state index in [2.05, 4.69) is 9.97 Å². The van der Waals surface area contributed by atoms with E-state index < -0.39 is 5.91 Å². The van der Waals surface area contributed by atoms with Crippen LogP contribution in [-0.4, -0.2) is 28.5 Å². The molecule has 2 N–H and O–H groups in total. The van der Waals surface area contributed by atoms with Gasteiger partial charge in [-0.2, -0.15) is 0 Å². The first kappa shape index (κ1) is 11.7. The monoisotopic (exact) mass is 228 g/mol. The standard InChI is InChI=1S/C9H13ClN4O/c1-6(2)14(4-8(11)15)9-3-7(10)12-5-13-9/h3,5-6H,4H2,1-2H3,(H2,11,15). The van der Waals surface area contributed by atoms with Crippen LogP contribution >= 0.6 is 11.6 Å². The lowest BCUT2D eigenvalue weighted by Gasteiger charge is -2.26. The number of hydrogen-bond acceptors (Lipinski definition) is 4. The number of aromatic nitrogens is 2. The zero-order chi connectivity index (χ0) is 11.4. The molecule has 0 radical (unpaired) electrons. The Balaban J connectivity index is 2.93. The lowest BCUT2D eigenvalue weighted by atomic mass is 10.3. The number of halogens is 1. The van der Waals surface area contributed by atoms with Crippen molar-refractivity contribution >= 4 is 23.3 Å². The minimum atomic E-state index is -0.404. The molecular formula is C9H13ClN4O. The Morgan fingerprint density at radius 3 is 2.73 bits per heavy atom. The van der Waals surface area contributed by atoms with Crippen LogP contribution in [0.4, 0.5) is 5.82 Å². The first-order valence-electron chi connectivity index (χ1n) is 4.53. The third-order valence-corrected chi connectivity index (χ3v) is 2.07. The Hall–Kier alpha value is -1.36. The van der Waals surface area contributed by atoms with E-state index in [9.17, 15) is 4.79 Å². The Morgan fingerprint density at radius 2 is 2.27 bits per heavy atom. The molecule has 1 rings (SSSR count). The molecule has 0 aromatic carbocycles. The summed E-state index contributed by atoms with van der Waals surface area (Å²) < 4.78 is 0. The predicted molar refractivity (Wildman–Crippen MR) is 58.7 cm³/mol. The second kappa shape index (κ2) is 4.93. The van der Waals surface area contributed by atoms with Gasteiger partial charge in [-0.3, -0.25) is 4.79 Å². The van der Waals surface area contributed by atoms with Gasteiger partial charge in [0.2, 0.25) is 5.91 Å². The Morgan fingerprint density at radius 1 is 1.60 bits per heavy atom. The largest absolute Gasteiger partial charge is 0.368 e. The van der Waals surface area contributed by atoms with E-state index in [1.807, 2.05) is 13.8 Å². The predicted octanol–water partition coefficient (Wildman–Crippen LogP) is 0.830. The van der Waals surface area contributed by atoms with Gasteiger partial charge < -0.3 is 10.6 Å². The fraction of sp³-hybridized carbons (Fsp3) is 0.444. The smallest absolute Gasteiger partial charge is 0.237 e. The van der Waals surface area contributed by atoms with Crippen molar-refractivity contribution in [1.29, 1.82) is 0 Å². The first-order valence-corrected chi connectivity index (χ1v) is 4.91. The Bertz CT molecular complexity index is 356. The molecule has 0 fully saturated rings. The van der Waals surface area contributed by atoms with Crippen molar-refractivity contribution in [2.45, 2.75) is 19.9 Å². The van der Waals surface area contributed by atoms with Crippen molar-refractivity contribution in [3.63, 3.8) is 0 Å². The molecule has 0 saturated carbocycles. The number of carbonyl (C=O) groups is 1. The highest BCUT2D eigenvalue weighted by atomic mass is 35.5. The molecule has 0 atom stereocenters. The van der Waals surface area contributed by atoms with Gasteiger partial charge in [-0.1, -0.05) is 11.6 Å². The van der Waals surface area contributed by atoms with Gasteiger partial charge in [-0.05, 0) is 13.8 Å². The fourth-order valence-corrected chi connectivity index (χ4v) is 1.32. The van der Waals surface area contributed by atoms with E-state index in [0.29, 0.717) is 11.0 Å². The second-order valence-electron chi connectivity index (χ2n) is 3.39. The molecule has 0 spiro atoms. The molecule has 0 aliphatic carbocycles. The summed E-state index contributed by atoms with van der Waals surface area (Å²) in [5.74, 6) is 0.197. The van der Waals surface area contributed by atoms with Gasteiger partial charge in [0.05, 0.1) is 6.54 Å². The van der Waals surface area contributed by atoms with Crippen LogP contribution < -0.4 is 10.6 Å². The maximum atomic E-state index is 10.9. The van der Waals surface area contributed by atoms with Crippen LogP contribution in [0.5, 0.6) is 0 Å². The summed E-state index contributed by atoms with van der Waals surface area (Å²) in [5, 5.41) is 0.343. The number of carbonyl (C=O) groups excluding carboxylic acids is 1. The van der Waals surface area contributed by atoms with Crippen LogP contribution in [0.3, 0.4) is 0 Å². The number of nitrogens with two attached hydrogens (primary N) is 1. The van der Waals surface area contributed by atoms with Crippen molar-refractivity contribution in [1.82, 2.24) is 9.97 Å². The molecule has 0 unspecified atom stereocenters. The van der Waals surface area contributed by atoms with Crippen LogP contribution in [0.25, 0.3) is 0 Å². The van der Waals surface area contributed by atoms with Crippen molar-refractivity contribution in [3.8, 4) is 0 Å². The van der Waals surface area contributed by atoms with Crippen LogP contribution in [0.15, 0.2) is 12.4 Å². The van der Waals surface area contributed by atoms with Crippen molar-refractivity contribution in [3.05, 3.63) is 17.5 Å². The molecule has 1 aromatic heterocycles. The highest BCUT2D eigenvalue weighted by molar-refractivity contribution is 6.29. The number of rotatable bonds is 4. The molecule has 0 aliphatic heterocycles. The fourth-order valence-electron chi connectivity index (χ4n) is 1.18. The SMILES string of the molecule is CC(C)N(CC(N)=O)c1cc(Cl)ncn1. The van der Waals surface area contributed by atoms with Gasteiger partial charge in [-0.15, -0.1) is 0 Å². The van der Waals surface area contributed by atoms with E-state index in [4.69, 9.17) is 17.3 Å². The van der Waals surface area contributed by atoms with Crippen molar-refractivity contribution in [2.75, 3.05) is 11.4 Å². The molecule has 6 heteroatoms. The van der Waals surface area contributed by atoms with Gasteiger partial charge >= 0.3 is 0 Å². The first-order chi connectivity index (χ1) is 7.00. The van der Waals surface area contributed by atoms with Crippen LogP contribution in [0, 0.1) is 0 Å². The van der Waals surface area contributed by atoms with E-state index in [1.165, 1.54) is 6.33 Å². The van der Waals surface area contributed by atoms with E-state index in [0.717, 1.165) is 0 Å². The van der Waals surface area contributed by atoms with Gasteiger partial charge in [0.25, 0.3) is 0 Å². The van der Waals surface area contributed by atoms with Gasteiger partial charge in [-0.25, -0.2) is 9.97 Å². The third kappa shape index (κ3) is 3.36. The number of anilines is 1. The average Bonchev–Trinajstić information content (AvgIpc) is 2.13. The zero-order valence-corrected chi connectivity index (χ0v) is 9.40. The number of nitrogens with zero attached hydrogens (tertiary/aromatic N) is 3. The normalized spacial score (nSPS) is 10.4. The summed E-state index contributed by atoms with van der Waals surface area (Å²) in [7, 11) is 0. The summed E-state index contributed by atoms with van der Waals surface area (Å²) in [6, 6.07) is 1.72. The molecule has 1 aromatic rings. The van der Waals surface area contributed by atoms with Gasteiger partial charge in [0.1, 0.15) is 17.3 Å². The van der Waals surface area contributed by atoms with Crippen molar-refractivity contribution in [2.24, 2.45) is 5.73 Å². The zero-order valence-electron chi connectivity index (χ0n) is 8.64. The molecule has 0 bridgehead atoms. The topological polar surface area (TPSA) is 72.1 Å². The molecular weight excluding hydrogens is 216 g/mol. The molecule has 0 saturated heterocycles. The molecule has 5 nitrogen and oxygen atoms in total. The molecule has 1 heterocycles. The minimum absolute atomic E-state index is 0.114. The summed E-state index contributed by atoms with van der Waals surface area (Å²) in [5.41, 5.74) is 5.15. The van der Waals surface area contributed by atoms with Crippen LogP contribution in [0.1, 0.15) is 13.8 Å². The number of primary amides is 1. The Kier molecular flexibility index (Phi) is 3.85. The maximum Gasteiger partial charge on any atom is 0.237 e. The van der Waals surface area contributed by atoms with Crippen LogP contribution in [-0.2, 0) is 4.79 Å². The second-order valence-corrected chi connectivity index (χ2v) is 3.77. The lowest BCUT2D eigenvalue weighted by Crippen LogP contribution is -2.39. The molecule has 1 amide bonds. The summed E-state index contributed by atoms with van der Waals surface area (Å²) in [4.78, 5) is 20.4. The maximum absolute atomic E-state index is 10.9. The average molecular weight is 229 g/mol. The lowest BCUT2D eigenvalue weighted by molar-refractivity contribution is -0.116. The number of hydrogen-bond donors (Lipinski definition) is 1. The third-order valence-electron chi connectivity index (χ3n) is 1.86. The Labute approximate surface area is 93.3 Å². The minimum Gasteiger partial charge on any atom is -0.368 e. The summed E-state index contributed by atoms with van der Waals surface area (Å²) >= 11 is 5.74. The van der Waals surface area contributed by atoms with Crippen LogP contribution in [0.2, 0.25) is 5.15 Å². The van der Waals surface area contributed by atoms with Gasteiger partial charge in [0.15, 0.2) is 0 Å².